The summed E-state index contributed by atoms with van der Waals surface area (Å²) in [6, 6.07) is 12.0. The molecule has 0 bridgehead atoms. The lowest BCUT2D eigenvalue weighted by Gasteiger charge is -2.09. The van der Waals surface area contributed by atoms with E-state index in [1.165, 1.54) is 0 Å². The zero-order valence-corrected chi connectivity index (χ0v) is 15.0. The van der Waals surface area contributed by atoms with E-state index in [1.807, 2.05) is 6.92 Å². The molecule has 0 fully saturated rings. The monoisotopic (exact) mass is 357 g/mol. The maximum Gasteiger partial charge on any atom is 0.270 e. The van der Waals surface area contributed by atoms with Crippen LogP contribution in [0, 0.1) is 0 Å². The third-order valence-electron chi connectivity index (χ3n) is 3.47. The molecule has 7 nitrogen and oxygen atoms in total. The summed E-state index contributed by atoms with van der Waals surface area (Å²) in [6.07, 6.45) is 0.833. The molecule has 0 saturated carbocycles. The summed E-state index contributed by atoms with van der Waals surface area (Å²) in [5, 5.41) is 5.45. The van der Waals surface area contributed by atoms with Crippen molar-refractivity contribution in [3.8, 4) is 11.5 Å². The molecule has 0 spiro atoms. The Labute approximate surface area is 152 Å². The molecule has 0 aliphatic heterocycles. The van der Waals surface area contributed by atoms with Crippen LogP contribution in [0.4, 0.5) is 0 Å². The Morgan fingerprint density at radius 1 is 0.923 bits per heavy atom. The van der Waals surface area contributed by atoms with Crippen LogP contribution in [0.2, 0.25) is 0 Å². The highest BCUT2D eigenvalue weighted by atomic mass is 16.5. The number of nitrogens with one attached hydrogen (secondary N) is 2. The summed E-state index contributed by atoms with van der Waals surface area (Å²) >= 11 is 0. The second-order valence-corrected chi connectivity index (χ2v) is 5.44. The molecule has 2 rings (SSSR count). The fraction of sp³-hybridized carbons (Fsp3) is 0.316. The van der Waals surface area contributed by atoms with Gasteiger partial charge in [0.1, 0.15) is 29.5 Å². The van der Waals surface area contributed by atoms with Gasteiger partial charge in [0.2, 0.25) is 0 Å². The van der Waals surface area contributed by atoms with Gasteiger partial charge >= 0.3 is 0 Å². The number of hydrogen-bond acceptors (Lipinski definition) is 5. The van der Waals surface area contributed by atoms with Gasteiger partial charge in [-0.05, 0) is 42.8 Å². The average Bonchev–Trinajstić information content (AvgIpc) is 2.69. The molecule has 2 N–H and O–H groups in total. The van der Waals surface area contributed by atoms with Gasteiger partial charge in [0.25, 0.3) is 11.8 Å². The van der Waals surface area contributed by atoms with Crippen LogP contribution in [0.1, 0.15) is 34.3 Å². The molecule has 0 atom stereocenters. The van der Waals surface area contributed by atoms with Crippen LogP contribution >= 0.6 is 0 Å². The summed E-state index contributed by atoms with van der Waals surface area (Å²) in [6.45, 7) is 3.17. The first-order valence-corrected chi connectivity index (χ1v) is 8.44. The summed E-state index contributed by atoms with van der Waals surface area (Å²) in [4.78, 5) is 28.2. The Kier molecular flexibility index (Phi) is 7.42. The molecule has 1 heterocycles. The third kappa shape index (κ3) is 5.77. The van der Waals surface area contributed by atoms with Gasteiger partial charge in [-0.1, -0.05) is 13.0 Å². The molecule has 0 aliphatic rings. The van der Waals surface area contributed by atoms with Crippen LogP contribution in [0.5, 0.6) is 11.5 Å². The van der Waals surface area contributed by atoms with Gasteiger partial charge in [-0.2, -0.15) is 0 Å². The van der Waals surface area contributed by atoms with E-state index in [4.69, 9.17) is 9.47 Å². The summed E-state index contributed by atoms with van der Waals surface area (Å²) in [7, 11) is 1.60. The average molecular weight is 357 g/mol. The lowest BCUT2D eigenvalue weighted by atomic mass is 10.2. The lowest BCUT2D eigenvalue weighted by molar-refractivity contribution is 0.0939. The standard InChI is InChI=1S/C19H23N3O4/c1-3-11-20-18(23)16-5-4-6-17(22-16)19(24)21-12-13-26-15-9-7-14(25-2)8-10-15/h4-10H,3,11-13H2,1-2H3,(H,20,23)(H,21,24). The van der Waals surface area contributed by atoms with E-state index in [0.29, 0.717) is 25.4 Å². The minimum atomic E-state index is -0.353. The molecule has 0 unspecified atom stereocenters. The second-order valence-electron chi connectivity index (χ2n) is 5.44. The first-order chi connectivity index (χ1) is 12.6. The van der Waals surface area contributed by atoms with Crippen LogP contribution in [0.3, 0.4) is 0 Å². The van der Waals surface area contributed by atoms with Crippen LogP contribution in [-0.2, 0) is 0 Å². The van der Waals surface area contributed by atoms with Gasteiger partial charge in [-0.25, -0.2) is 4.98 Å². The molecule has 1 aromatic heterocycles. The number of nitrogens with zero attached hydrogens (tertiary/aromatic N) is 1. The molecular weight excluding hydrogens is 334 g/mol. The number of ether oxygens (including phenoxy) is 2. The SMILES string of the molecule is CCCNC(=O)c1cccc(C(=O)NCCOc2ccc(OC)cc2)n1. The maximum absolute atomic E-state index is 12.2. The minimum Gasteiger partial charge on any atom is -0.497 e. The zero-order valence-electron chi connectivity index (χ0n) is 15.0. The van der Waals surface area contributed by atoms with Crippen LogP contribution in [-0.4, -0.2) is 43.6 Å². The number of carbonyl (C=O) groups is 2. The number of benzene rings is 1. The fourth-order valence-corrected chi connectivity index (χ4v) is 2.11. The van der Waals surface area contributed by atoms with Crippen LogP contribution in [0.25, 0.3) is 0 Å². The maximum atomic E-state index is 12.2. The van der Waals surface area contributed by atoms with Crippen molar-refractivity contribution in [2.75, 3.05) is 26.8 Å². The molecule has 26 heavy (non-hydrogen) atoms. The molecule has 0 radical (unpaired) electrons. The Morgan fingerprint density at radius 3 is 2.08 bits per heavy atom. The molecule has 138 valence electrons. The Balaban J connectivity index is 1.80. The highest BCUT2D eigenvalue weighted by Gasteiger charge is 2.11. The van der Waals surface area contributed by atoms with E-state index < -0.39 is 0 Å². The van der Waals surface area contributed by atoms with Gasteiger partial charge in [0.15, 0.2) is 0 Å². The number of pyridine rings is 1. The number of methoxy groups -OCH3 is 1. The van der Waals surface area contributed by atoms with Crippen molar-refractivity contribution in [3.63, 3.8) is 0 Å². The Morgan fingerprint density at radius 2 is 1.50 bits per heavy atom. The molecular formula is C19H23N3O4. The van der Waals surface area contributed by atoms with Gasteiger partial charge < -0.3 is 20.1 Å². The molecule has 2 aromatic rings. The third-order valence-corrected chi connectivity index (χ3v) is 3.47. The van der Waals surface area contributed by atoms with Gasteiger partial charge in [0, 0.05) is 6.54 Å². The van der Waals surface area contributed by atoms with E-state index in [2.05, 4.69) is 15.6 Å². The van der Waals surface area contributed by atoms with E-state index in [-0.39, 0.29) is 23.2 Å². The van der Waals surface area contributed by atoms with Gasteiger partial charge in [-0.15, -0.1) is 0 Å². The predicted octanol–water partition coefficient (Wildman–Crippen LogP) is 2.04. The molecule has 0 saturated heterocycles. The minimum absolute atomic E-state index is 0.193. The summed E-state index contributed by atoms with van der Waals surface area (Å²) < 4.78 is 10.6. The lowest BCUT2D eigenvalue weighted by Crippen LogP contribution is -2.30. The largest absolute Gasteiger partial charge is 0.497 e. The van der Waals surface area contributed by atoms with Crippen LogP contribution in [0.15, 0.2) is 42.5 Å². The summed E-state index contributed by atoms with van der Waals surface area (Å²) in [5.74, 6) is 0.796. The smallest absolute Gasteiger partial charge is 0.270 e. The first kappa shape index (κ1) is 19.2. The van der Waals surface area contributed by atoms with Gasteiger partial charge in [0.05, 0.1) is 13.7 Å². The molecule has 7 heteroatoms. The van der Waals surface area contributed by atoms with Crippen molar-refractivity contribution in [2.45, 2.75) is 13.3 Å². The fourth-order valence-electron chi connectivity index (χ4n) is 2.11. The van der Waals surface area contributed by atoms with Crippen LogP contribution < -0.4 is 20.1 Å². The van der Waals surface area contributed by atoms with Crippen molar-refractivity contribution in [1.82, 2.24) is 15.6 Å². The van der Waals surface area contributed by atoms with Crippen molar-refractivity contribution in [1.29, 1.82) is 0 Å². The number of hydrogen-bond donors (Lipinski definition) is 2. The second kappa shape index (κ2) is 10.0. The van der Waals surface area contributed by atoms with Crippen molar-refractivity contribution in [3.05, 3.63) is 53.9 Å². The number of aromatic nitrogens is 1. The Bertz CT molecular complexity index is 732. The molecule has 1 aromatic carbocycles. The molecule has 2 amide bonds. The van der Waals surface area contributed by atoms with E-state index in [0.717, 1.165) is 12.2 Å². The quantitative estimate of drug-likeness (QED) is 0.671. The predicted molar refractivity (Wildman–Crippen MR) is 97.7 cm³/mol. The highest BCUT2D eigenvalue weighted by molar-refractivity contribution is 5.96. The highest BCUT2D eigenvalue weighted by Crippen LogP contribution is 2.16. The van der Waals surface area contributed by atoms with Gasteiger partial charge in [-0.3, -0.25) is 9.59 Å². The molecule has 0 aliphatic carbocycles. The first-order valence-electron chi connectivity index (χ1n) is 8.44. The normalized spacial score (nSPS) is 10.1. The number of carbonyl (C=O) groups excluding carboxylic acids is 2. The number of amides is 2. The van der Waals surface area contributed by atoms with E-state index in [1.54, 1.807) is 49.6 Å². The Hall–Kier alpha value is -3.09. The van der Waals surface area contributed by atoms with Crippen molar-refractivity contribution in [2.24, 2.45) is 0 Å². The number of rotatable bonds is 9. The van der Waals surface area contributed by atoms with Crippen molar-refractivity contribution < 1.29 is 19.1 Å². The van der Waals surface area contributed by atoms with E-state index >= 15 is 0 Å². The topological polar surface area (TPSA) is 89.6 Å². The zero-order chi connectivity index (χ0) is 18.8. The van der Waals surface area contributed by atoms with E-state index in [9.17, 15) is 9.59 Å². The summed E-state index contributed by atoms with van der Waals surface area (Å²) in [5.41, 5.74) is 0.416. The van der Waals surface area contributed by atoms with Crippen molar-refractivity contribution >= 4 is 11.8 Å².